The van der Waals surface area contributed by atoms with Crippen molar-refractivity contribution in [1.29, 1.82) is 0 Å². The van der Waals surface area contributed by atoms with E-state index < -0.39 is 35.5 Å². The smallest absolute Gasteiger partial charge is 0.435 e. The Hall–Kier alpha value is -2.33. The summed E-state index contributed by atoms with van der Waals surface area (Å²) in [6.07, 6.45) is -8.60. The zero-order valence-corrected chi connectivity index (χ0v) is 18.7. The number of carbonyl (C=O) groups is 2. The number of hydrogen-bond donors (Lipinski definition) is 2. The van der Waals surface area contributed by atoms with Crippen molar-refractivity contribution in [2.75, 3.05) is 0 Å². The number of hydrogen-bond acceptors (Lipinski definition) is 2. The lowest BCUT2D eigenvalue weighted by molar-refractivity contribution is -0.348. The summed E-state index contributed by atoms with van der Waals surface area (Å²) in [4.78, 5) is 23.9. The van der Waals surface area contributed by atoms with E-state index in [9.17, 15) is 40.3 Å². The first-order valence-corrected chi connectivity index (χ1v) is 11.7. The minimum Gasteiger partial charge on any atom is -0.481 e. The van der Waals surface area contributed by atoms with Crippen LogP contribution in [-0.2, 0) is 21.7 Å². The summed E-state index contributed by atoms with van der Waals surface area (Å²) in [7, 11) is 0. The summed E-state index contributed by atoms with van der Waals surface area (Å²) in [6, 6.07) is 2.27. The van der Waals surface area contributed by atoms with Gasteiger partial charge < -0.3 is 10.4 Å². The number of amides is 1. The highest BCUT2D eigenvalue weighted by molar-refractivity contribution is 5.79. The van der Waals surface area contributed by atoms with Crippen LogP contribution in [0, 0.1) is 17.8 Å². The first-order chi connectivity index (χ1) is 16.2. The fourth-order valence-electron chi connectivity index (χ4n) is 6.15. The van der Waals surface area contributed by atoms with Gasteiger partial charge in [-0.25, -0.2) is 4.39 Å². The molecular weight excluding hydrogens is 483 g/mol. The second-order valence-electron chi connectivity index (χ2n) is 9.96. The van der Waals surface area contributed by atoms with Crippen molar-refractivity contribution in [1.82, 2.24) is 5.32 Å². The first kappa shape index (κ1) is 25.8. The number of carbonyl (C=O) groups excluding carboxylic acids is 1. The highest BCUT2D eigenvalue weighted by Crippen LogP contribution is 2.55. The molecule has 3 aliphatic carbocycles. The van der Waals surface area contributed by atoms with E-state index in [-0.39, 0.29) is 41.7 Å². The van der Waals surface area contributed by atoms with Gasteiger partial charge in [0.15, 0.2) is 0 Å². The molecule has 0 spiro atoms. The third-order valence-corrected chi connectivity index (χ3v) is 8.07. The SMILES string of the molecule is O=C(O)C1CCC(C(=O)N[C@@H]2CC[C@H]3c4ccc(C(F)(C(F)(F)F)C(F)(F)F)cc4CC[C@@H]23)CC1. The molecule has 2 saturated carbocycles. The number of nitrogens with one attached hydrogen (secondary N) is 1. The summed E-state index contributed by atoms with van der Waals surface area (Å²) >= 11 is 0. The zero-order valence-electron chi connectivity index (χ0n) is 18.7. The van der Waals surface area contributed by atoms with Crippen LogP contribution in [0.15, 0.2) is 18.2 Å². The largest absolute Gasteiger partial charge is 0.481 e. The second-order valence-corrected chi connectivity index (χ2v) is 9.96. The van der Waals surface area contributed by atoms with Gasteiger partial charge in [-0.2, -0.15) is 26.3 Å². The number of rotatable bonds is 4. The van der Waals surface area contributed by atoms with Crippen LogP contribution in [0.5, 0.6) is 0 Å². The quantitative estimate of drug-likeness (QED) is 0.505. The Kier molecular flexibility index (Phi) is 6.59. The molecule has 1 amide bonds. The second kappa shape index (κ2) is 8.96. The van der Waals surface area contributed by atoms with Gasteiger partial charge in [0.05, 0.1) is 5.92 Å². The average Bonchev–Trinajstić information content (AvgIpc) is 3.19. The molecule has 2 fully saturated rings. The molecule has 3 atom stereocenters. The van der Waals surface area contributed by atoms with Crippen molar-refractivity contribution in [2.24, 2.45) is 17.8 Å². The lowest BCUT2D eigenvalue weighted by atomic mass is 9.74. The molecule has 0 bridgehead atoms. The Bertz CT molecular complexity index is 968. The van der Waals surface area contributed by atoms with Gasteiger partial charge in [-0.1, -0.05) is 18.2 Å². The standard InChI is InChI=1S/C24H26F7NO3/c25-22(23(26,27)28,24(29,30)31)15-6-8-16-14(11-15)5-7-18-17(16)9-10-19(18)32-20(33)12-1-3-13(4-2-12)21(34)35/h6,8,11-13,17-19H,1-5,7,9-10H2,(H,32,33)(H,34,35)/t12?,13?,17-,18+,19+/m0/s1. The van der Waals surface area contributed by atoms with Gasteiger partial charge in [-0.05, 0) is 74.3 Å². The zero-order chi connectivity index (χ0) is 25.8. The number of aryl methyl sites for hydroxylation is 1. The van der Waals surface area contributed by atoms with Crippen molar-refractivity contribution in [3.63, 3.8) is 0 Å². The summed E-state index contributed by atoms with van der Waals surface area (Å²) in [5.74, 6) is -1.88. The van der Waals surface area contributed by atoms with Crippen molar-refractivity contribution in [3.8, 4) is 0 Å². The number of halogens is 7. The number of benzene rings is 1. The number of carboxylic acid groups (broad SMARTS) is 1. The molecule has 2 N–H and O–H groups in total. The van der Waals surface area contributed by atoms with E-state index in [4.69, 9.17) is 5.11 Å². The van der Waals surface area contributed by atoms with Crippen molar-refractivity contribution in [3.05, 3.63) is 34.9 Å². The molecule has 3 aliphatic rings. The molecule has 4 rings (SSSR count). The number of carboxylic acids is 1. The average molecular weight is 509 g/mol. The van der Waals surface area contributed by atoms with Crippen molar-refractivity contribution >= 4 is 11.9 Å². The van der Waals surface area contributed by atoms with E-state index in [0.717, 1.165) is 0 Å². The molecule has 0 unspecified atom stereocenters. The van der Waals surface area contributed by atoms with Gasteiger partial charge in [-0.15, -0.1) is 0 Å². The molecule has 4 nitrogen and oxygen atoms in total. The molecule has 1 aromatic carbocycles. The Balaban J connectivity index is 1.47. The van der Waals surface area contributed by atoms with Crippen LogP contribution in [0.25, 0.3) is 0 Å². The third kappa shape index (κ3) is 4.50. The van der Waals surface area contributed by atoms with E-state index >= 15 is 0 Å². The lowest BCUT2D eigenvalue weighted by Crippen LogP contribution is -2.50. The fourth-order valence-corrected chi connectivity index (χ4v) is 6.15. The highest BCUT2D eigenvalue weighted by Gasteiger charge is 2.73. The van der Waals surface area contributed by atoms with Gasteiger partial charge in [0.1, 0.15) is 0 Å². The molecule has 35 heavy (non-hydrogen) atoms. The molecule has 1 aromatic rings. The predicted molar refractivity (Wildman–Crippen MR) is 110 cm³/mol. The minimum absolute atomic E-state index is 0.0203. The van der Waals surface area contributed by atoms with Gasteiger partial charge in [0, 0.05) is 17.5 Å². The molecule has 11 heteroatoms. The Labute approximate surface area is 197 Å². The van der Waals surface area contributed by atoms with Crippen molar-refractivity contribution in [2.45, 2.75) is 81.3 Å². The molecule has 194 valence electrons. The van der Waals surface area contributed by atoms with Crippen LogP contribution < -0.4 is 5.32 Å². The Morgan fingerprint density at radius 2 is 1.43 bits per heavy atom. The van der Waals surface area contributed by atoms with E-state index in [1.807, 2.05) is 0 Å². The maximum atomic E-state index is 14.5. The van der Waals surface area contributed by atoms with Crippen molar-refractivity contribution < 1.29 is 45.4 Å². The molecule has 0 aliphatic heterocycles. The van der Waals surface area contributed by atoms with E-state index in [1.165, 1.54) is 6.07 Å². The monoisotopic (exact) mass is 509 g/mol. The number of aliphatic carboxylic acids is 1. The van der Waals surface area contributed by atoms with Crippen LogP contribution >= 0.6 is 0 Å². The molecule has 0 aromatic heterocycles. The summed E-state index contributed by atoms with van der Waals surface area (Å²) in [5.41, 5.74) is -6.03. The predicted octanol–water partition coefficient (Wildman–Crippen LogP) is 5.79. The molecule has 0 heterocycles. The van der Waals surface area contributed by atoms with Gasteiger partial charge in [0.25, 0.3) is 0 Å². The molecular formula is C24H26F7NO3. The van der Waals surface area contributed by atoms with Gasteiger partial charge in [-0.3, -0.25) is 9.59 Å². The highest BCUT2D eigenvalue weighted by atomic mass is 19.4. The molecule has 0 saturated heterocycles. The van der Waals surface area contributed by atoms with E-state index in [1.54, 1.807) is 0 Å². The maximum absolute atomic E-state index is 14.5. The summed E-state index contributed by atoms with van der Waals surface area (Å²) in [6.45, 7) is 0. The van der Waals surface area contributed by atoms with Crippen LogP contribution in [-0.4, -0.2) is 35.4 Å². The Morgan fingerprint density at radius 3 is 2.00 bits per heavy atom. The Morgan fingerprint density at radius 1 is 0.829 bits per heavy atom. The third-order valence-electron chi connectivity index (χ3n) is 8.07. The number of alkyl halides is 7. The topological polar surface area (TPSA) is 66.4 Å². The van der Waals surface area contributed by atoms with E-state index in [2.05, 4.69) is 5.32 Å². The first-order valence-electron chi connectivity index (χ1n) is 11.7. The normalized spacial score (nSPS) is 29.3. The lowest BCUT2D eigenvalue weighted by Gasteiger charge is -2.35. The van der Waals surface area contributed by atoms with Crippen LogP contribution in [0.2, 0.25) is 0 Å². The number of fused-ring (bicyclic) bond motifs is 3. The molecule has 0 radical (unpaired) electrons. The van der Waals surface area contributed by atoms with Gasteiger partial charge >= 0.3 is 24.0 Å². The summed E-state index contributed by atoms with van der Waals surface area (Å²) < 4.78 is 93.4. The minimum atomic E-state index is -6.15. The van der Waals surface area contributed by atoms with Crippen LogP contribution in [0.1, 0.15) is 67.6 Å². The van der Waals surface area contributed by atoms with Crippen LogP contribution in [0.4, 0.5) is 30.7 Å². The van der Waals surface area contributed by atoms with Gasteiger partial charge in [0.2, 0.25) is 5.91 Å². The fraction of sp³-hybridized carbons (Fsp3) is 0.667. The van der Waals surface area contributed by atoms with Crippen LogP contribution in [0.3, 0.4) is 0 Å². The maximum Gasteiger partial charge on any atom is 0.435 e. The van der Waals surface area contributed by atoms with E-state index in [0.29, 0.717) is 62.6 Å². The summed E-state index contributed by atoms with van der Waals surface area (Å²) in [5, 5.41) is 12.2.